The summed E-state index contributed by atoms with van der Waals surface area (Å²) in [6.45, 7) is 4.33. The number of nitrogens with one attached hydrogen (secondary N) is 2. The van der Waals surface area contributed by atoms with E-state index in [0.717, 1.165) is 43.4 Å². The van der Waals surface area contributed by atoms with Crippen LogP contribution in [0.2, 0.25) is 0 Å². The highest BCUT2D eigenvalue weighted by Gasteiger charge is 2.28. The number of hydrogen-bond donors (Lipinski definition) is 2. The highest BCUT2D eigenvalue weighted by Crippen LogP contribution is 2.28. The molecule has 0 bridgehead atoms. The lowest BCUT2D eigenvalue weighted by Crippen LogP contribution is -2.47. The van der Waals surface area contributed by atoms with E-state index in [1.54, 1.807) is 0 Å². The van der Waals surface area contributed by atoms with Crippen molar-refractivity contribution >= 4 is 17.5 Å². The molecule has 1 atom stereocenters. The van der Waals surface area contributed by atoms with Crippen molar-refractivity contribution in [1.29, 1.82) is 0 Å². The van der Waals surface area contributed by atoms with E-state index in [-0.39, 0.29) is 17.7 Å². The number of anilines is 1. The Morgan fingerprint density at radius 3 is 2.34 bits per heavy atom. The zero-order valence-electron chi connectivity index (χ0n) is 17.5. The number of aryl methyl sites for hydroxylation is 1. The largest absolute Gasteiger partial charge is 0.344 e. The third-order valence-electron chi connectivity index (χ3n) is 5.91. The molecule has 0 heterocycles. The summed E-state index contributed by atoms with van der Waals surface area (Å²) >= 11 is 0. The van der Waals surface area contributed by atoms with Gasteiger partial charge in [0.1, 0.15) is 6.04 Å². The minimum atomic E-state index is -0.588. The van der Waals surface area contributed by atoms with E-state index in [2.05, 4.69) is 24.5 Å². The van der Waals surface area contributed by atoms with Crippen LogP contribution in [0.3, 0.4) is 0 Å². The van der Waals surface area contributed by atoms with Gasteiger partial charge in [-0.3, -0.25) is 9.59 Å². The fourth-order valence-electron chi connectivity index (χ4n) is 3.97. The SMILES string of the molecule is CCc1cccc(NC(=O)[C@H](Cc2ccccc2)NC(=O)C2CCC(C)CC2)c1. The van der Waals surface area contributed by atoms with Crippen LogP contribution in [0.25, 0.3) is 0 Å². The van der Waals surface area contributed by atoms with Crippen molar-refractivity contribution in [3.05, 3.63) is 65.7 Å². The molecule has 1 saturated carbocycles. The van der Waals surface area contributed by atoms with Gasteiger partial charge < -0.3 is 10.6 Å². The first-order valence-corrected chi connectivity index (χ1v) is 10.8. The first-order valence-electron chi connectivity index (χ1n) is 10.8. The Bertz CT molecular complexity index is 811. The van der Waals surface area contributed by atoms with Gasteiger partial charge in [0, 0.05) is 18.0 Å². The summed E-state index contributed by atoms with van der Waals surface area (Å²) in [5.74, 6) is 0.545. The number of hydrogen-bond acceptors (Lipinski definition) is 2. The number of rotatable bonds is 7. The first-order chi connectivity index (χ1) is 14.0. The van der Waals surface area contributed by atoms with E-state index in [9.17, 15) is 9.59 Å². The molecule has 0 unspecified atom stereocenters. The highest BCUT2D eigenvalue weighted by atomic mass is 16.2. The molecule has 0 saturated heterocycles. The van der Waals surface area contributed by atoms with Crippen molar-refractivity contribution in [2.24, 2.45) is 11.8 Å². The van der Waals surface area contributed by atoms with Crippen LogP contribution in [0.15, 0.2) is 54.6 Å². The van der Waals surface area contributed by atoms with Gasteiger partial charge in [0.25, 0.3) is 0 Å². The second kappa shape index (κ2) is 10.2. The molecular formula is C25H32N2O2. The second-order valence-corrected chi connectivity index (χ2v) is 8.25. The van der Waals surface area contributed by atoms with Crippen LogP contribution in [-0.4, -0.2) is 17.9 Å². The van der Waals surface area contributed by atoms with Gasteiger partial charge in [0.15, 0.2) is 0 Å². The van der Waals surface area contributed by atoms with E-state index in [0.29, 0.717) is 12.3 Å². The Hall–Kier alpha value is -2.62. The molecule has 3 rings (SSSR count). The monoisotopic (exact) mass is 392 g/mol. The minimum Gasteiger partial charge on any atom is -0.344 e. The zero-order valence-corrected chi connectivity index (χ0v) is 17.5. The summed E-state index contributed by atoms with van der Waals surface area (Å²) < 4.78 is 0. The van der Waals surface area contributed by atoms with Crippen molar-refractivity contribution in [2.45, 2.75) is 58.4 Å². The van der Waals surface area contributed by atoms with Crippen molar-refractivity contribution in [1.82, 2.24) is 5.32 Å². The Labute approximate surface area is 174 Å². The van der Waals surface area contributed by atoms with E-state index in [4.69, 9.17) is 0 Å². The summed E-state index contributed by atoms with van der Waals surface area (Å²) in [6, 6.07) is 17.1. The summed E-state index contributed by atoms with van der Waals surface area (Å²) in [6.07, 6.45) is 5.37. The van der Waals surface area contributed by atoms with Gasteiger partial charge in [-0.05, 0) is 61.3 Å². The molecule has 1 aliphatic rings. The third kappa shape index (κ3) is 6.18. The Morgan fingerprint density at radius 2 is 1.66 bits per heavy atom. The lowest BCUT2D eigenvalue weighted by atomic mass is 9.82. The fraction of sp³-hybridized carbons (Fsp3) is 0.440. The molecule has 29 heavy (non-hydrogen) atoms. The molecule has 0 aliphatic heterocycles. The molecule has 0 spiro atoms. The van der Waals surface area contributed by atoms with E-state index >= 15 is 0 Å². The predicted molar refractivity (Wildman–Crippen MR) is 118 cm³/mol. The van der Waals surface area contributed by atoms with Crippen molar-refractivity contribution in [3.63, 3.8) is 0 Å². The molecule has 2 N–H and O–H groups in total. The quantitative estimate of drug-likeness (QED) is 0.715. The van der Waals surface area contributed by atoms with Crippen molar-refractivity contribution in [2.75, 3.05) is 5.32 Å². The number of amides is 2. The summed E-state index contributed by atoms with van der Waals surface area (Å²) in [7, 11) is 0. The van der Waals surface area contributed by atoms with Crippen LogP contribution in [-0.2, 0) is 22.4 Å². The molecule has 154 valence electrons. The summed E-state index contributed by atoms with van der Waals surface area (Å²) in [4.78, 5) is 25.9. The molecule has 2 amide bonds. The normalized spacial score (nSPS) is 19.9. The zero-order chi connectivity index (χ0) is 20.6. The molecule has 2 aromatic rings. The molecule has 4 nitrogen and oxygen atoms in total. The topological polar surface area (TPSA) is 58.2 Å². The van der Waals surface area contributed by atoms with Crippen LogP contribution in [0.1, 0.15) is 50.7 Å². The number of carbonyl (C=O) groups is 2. The summed E-state index contributed by atoms with van der Waals surface area (Å²) in [5.41, 5.74) is 2.98. The fourth-order valence-corrected chi connectivity index (χ4v) is 3.97. The molecule has 1 fully saturated rings. The molecule has 0 radical (unpaired) electrons. The summed E-state index contributed by atoms with van der Waals surface area (Å²) in [5, 5.41) is 6.05. The van der Waals surface area contributed by atoms with E-state index < -0.39 is 6.04 Å². The Morgan fingerprint density at radius 1 is 0.966 bits per heavy atom. The molecular weight excluding hydrogens is 360 g/mol. The standard InChI is InChI=1S/C25H32N2O2/c1-3-19-10-7-11-22(16-19)26-25(29)23(17-20-8-5-4-6-9-20)27-24(28)21-14-12-18(2)13-15-21/h4-11,16,18,21,23H,3,12-15,17H2,1-2H3,(H,26,29)(H,27,28)/t18?,21?,23-/m0/s1. The van der Waals surface area contributed by atoms with E-state index in [1.165, 1.54) is 5.56 Å². The minimum absolute atomic E-state index is 0.00953. The first kappa shape index (κ1) is 21.1. The van der Waals surface area contributed by atoms with Gasteiger partial charge in [-0.15, -0.1) is 0 Å². The Balaban J connectivity index is 1.71. The number of benzene rings is 2. The van der Waals surface area contributed by atoms with Gasteiger partial charge in [-0.1, -0.05) is 56.3 Å². The van der Waals surface area contributed by atoms with Crippen LogP contribution in [0.5, 0.6) is 0 Å². The predicted octanol–water partition coefficient (Wildman–Crippen LogP) is 4.74. The van der Waals surface area contributed by atoms with Crippen LogP contribution < -0.4 is 10.6 Å². The van der Waals surface area contributed by atoms with Gasteiger partial charge >= 0.3 is 0 Å². The molecule has 4 heteroatoms. The van der Waals surface area contributed by atoms with Gasteiger partial charge in [0.2, 0.25) is 11.8 Å². The van der Waals surface area contributed by atoms with Gasteiger partial charge in [0.05, 0.1) is 0 Å². The van der Waals surface area contributed by atoms with Crippen LogP contribution >= 0.6 is 0 Å². The van der Waals surface area contributed by atoms with Gasteiger partial charge in [-0.25, -0.2) is 0 Å². The lowest BCUT2D eigenvalue weighted by molar-refractivity contribution is -0.130. The third-order valence-corrected chi connectivity index (χ3v) is 5.91. The maximum atomic E-state index is 13.1. The Kier molecular flexibility index (Phi) is 7.45. The number of carbonyl (C=O) groups excluding carboxylic acids is 2. The average Bonchev–Trinajstić information content (AvgIpc) is 2.74. The molecule has 2 aromatic carbocycles. The molecule has 1 aliphatic carbocycles. The smallest absolute Gasteiger partial charge is 0.247 e. The van der Waals surface area contributed by atoms with Gasteiger partial charge in [-0.2, -0.15) is 0 Å². The maximum absolute atomic E-state index is 13.1. The highest BCUT2D eigenvalue weighted by molar-refractivity contribution is 5.97. The van der Waals surface area contributed by atoms with Crippen molar-refractivity contribution < 1.29 is 9.59 Å². The van der Waals surface area contributed by atoms with Crippen molar-refractivity contribution in [3.8, 4) is 0 Å². The lowest BCUT2D eigenvalue weighted by Gasteiger charge is -2.27. The molecule has 0 aromatic heterocycles. The van der Waals surface area contributed by atoms with Crippen LogP contribution in [0.4, 0.5) is 5.69 Å². The van der Waals surface area contributed by atoms with Crippen LogP contribution in [0, 0.1) is 11.8 Å². The second-order valence-electron chi connectivity index (χ2n) is 8.25. The maximum Gasteiger partial charge on any atom is 0.247 e. The average molecular weight is 393 g/mol. The van der Waals surface area contributed by atoms with E-state index in [1.807, 2.05) is 54.6 Å².